The molecule has 2 aromatic rings. The predicted molar refractivity (Wildman–Crippen MR) is 80.3 cm³/mol. The molecule has 0 atom stereocenters. The van der Waals surface area contributed by atoms with E-state index < -0.39 is 0 Å². The minimum atomic E-state index is -0.237. The van der Waals surface area contributed by atoms with Gasteiger partial charge in [0.15, 0.2) is 0 Å². The van der Waals surface area contributed by atoms with Gasteiger partial charge in [-0.2, -0.15) is 0 Å². The lowest BCUT2D eigenvalue weighted by Gasteiger charge is -2.10. The summed E-state index contributed by atoms with van der Waals surface area (Å²) >= 11 is 6.62. The summed E-state index contributed by atoms with van der Waals surface area (Å²) in [4.78, 5) is 0. The zero-order chi connectivity index (χ0) is 13.1. The van der Waals surface area contributed by atoms with Gasteiger partial charge in [0.1, 0.15) is 5.82 Å². The van der Waals surface area contributed by atoms with E-state index in [1.807, 2.05) is 19.1 Å². The molecule has 0 aliphatic heterocycles. The van der Waals surface area contributed by atoms with Crippen LogP contribution in [0.5, 0.6) is 0 Å². The molecule has 0 amide bonds. The summed E-state index contributed by atoms with van der Waals surface area (Å²) in [7, 11) is 0. The number of rotatable bonds is 3. The lowest BCUT2D eigenvalue weighted by Crippen LogP contribution is -2.01. The van der Waals surface area contributed by atoms with Crippen molar-refractivity contribution in [3.63, 3.8) is 0 Å². The third-order valence-corrected chi connectivity index (χ3v) is 3.76. The standard InChI is InChI=1S/C14H12Br2FN/c1-9-6-11(15)3-5-14(9)18-8-10-2-4-13(17)12(16)7-10/h2-7,18H,8H2,1H3. The third kappa shape index (κ3) is 3.33. The Balaban J connectivity index is 2.09. The molecule has 18 heavy (non-hydrogen) atoms. The van der Waals surface area contributed by atoms with Crippen molar-refractivity contribution >= 4 is 37.5 Å². The second kappa shape index (κ2) is 5.85. The number of hydrogen-bond donors (Lipinski definition) is 1. The van der Waals surface area contributed by atoms with Crippen molar-refractivity contribution in [2.75, 3.05) is 5.32 Å². The van der Waals surface area contributed by atoms with Gasteiger partial charge in [-0.15, -0.1) is 0 Å². The van der Waals surface area contributed by atoms with Crippen LogP contribution in [-0.4, -0.2) is 0 Å². The Labute approximate surface area is 123 Å². The molecular weight excluding hydrogens is 361 g/mol. The van der Waals surface area contributed by atoms with Gasteiger partial charge in [-0.1, -0.05) is 22.0 Å². The minimum absolute atomic E-state index is 0.237. The zero-order valence-electron chi connectivity index (χ0n) is 9.81. The summed E-state index contributed by atoms with van der Waals surface area (Å²) in [5, 5.41) is 3.34. The van der Waals surface area contributed by atoms with Gasteiger partial charge in [0.2, 0.25) is 0 Å². The van der Waals surface area contributed by atoms with Gasteiger partial charge in [-0.3, -0.25) is 0 Å². The lowest BCUT2D eigenvalue weighted by molar-refractivity contribution is 0.620. The van der Waals surface area contributed by atoms with Crippen LogP contribution in [0.4, 0.5) is 10.1 Å². The molecule has 0 bridgehead atoms. The maximum atomic E-state index is 13.1. The largest absolute Gasteiger partial charge is 0.381 e. The maximum absolute atomic E-state index is 13.1. The average Bonchev–Trinajstić information content (AvgIpc) is 2.32. The van der Waals surface area contributed by atoms with Gasteiger partial charge in [-0.25, -0.2) is 4.39 Å². The van der Waals surface area contributed by atoms with Crippen LogP contribution in [0, 0.1) is 12.7 Å². The van der Waals surface area contributed by atoms with Gasteiger partial charge >= 0.3 is 0 Å². The summed E-state index contributed by atoms with van der Waals surface area (Å²) in [5.41, 5.74) is 3.29. The second-order valence-electron chi connectivity index (χ2n) is 4.06. The molecule has 0 unspecified atom stereocenters. The number of nitrogens with one attached hydrogen (secondary N) is 1. The fourth-order valence-corrected chi connectivity index (χ4v) is 2.57. The molecule has 0 saturated carbocycles. The van der Waals surface area contributed by atoms with E-state index in [-0.39, 0.29) is 5.82 Å². The highest BCUT2D eigenvalue weighted by atomic mass is 79.9. The van der Waals surface area contributed by atoms with Gasteiger partial charge < -0.3 is 5.32 Å². The molecular formula is C14H12Br2FN. The smallest absolute Gasteiger partial charge is 0.137 e. The normalized spacial score (nSPS) is 10.4. The summed E-state index contributed by atoms with van der Waals surface area (Å²) in [6.07, 6.45) is 0. The molecule has 2 aromatic carbocycles. The van der Waals surface area contributed by atoms with Gasteiger partial charge in [0.25, 0.3) is 0 Å². The molecule has 2 rings (SSSR count). The van der Waals surface area contributed by atoms with Crippen LogP contribution in [0.3, 0.4) is 0 Å². The van der Waals surface area contributed by atoms with E-state index in [0.717, 1.165) is 15.7 Å². The Morgan fingerprint density at radius 2 is 1.89 bits per heavy atom. The Morgan fingerprint density at radius 1 is 1.11 bits per heavy atom. The predicted octanol–water partition coefficient (Wildman–Crippen LogP) is 5.27. The first-order chi connectivity index (χ1) is 8.56. The van der Waals surface area contributed by atoms with Crippen LogP contribution in [0.1, 0.15) is 11.1 Å². The van der Waals surface area contributed by atoms with Crippen molar-refractivity contribution < 1.29 is 4.39 Å². The first kappa shape index (κ1) is 13.6. The summed E-state index contributed by atoms with van der Waals surface area (Å²) in [6, 6.07) is 11.1. The summed E-state index contributed by atoms with van der Waals surface area (Å²) in [6.45, 7) is 2.72. The number of anilines is 1. The fraction of sp³-hybridized carbons (Fsp3) is 0.143. The first-order valence-corrected chi connectivity index (χ1v) is 7.09. The maximum Gasteiger partial charge on any atom is 0.137 e. The molecule has 0 heterocycles. The summed E-state index contributed by atoms with van der Waals surface area (Å²) < 4.78 is 14.7. The number of benzene rings is 2. The van der Waals surface area contributed by atoms with E-state index in [1.54, 1.807) is 12.1 Å². The molecule has 0 aromatic heterocycles. The second-order valence-corrected chi connectivity index (χ2v) is 5.83. The fourth-order valence-electron chi connectivity index (χ4n) is 1.67. The Bertz CT molecular complexity index is 570. The van der Waals surface area contributed by atoms with Crippen LogP contribution >= 0.6 is 31.9 Å². The van der Waals surface area contributed by atoms with Crippen molar-refractivity contribution in [3.05, 3.63) is 62.3 Å². The number of aryl methyl sites for hydroxylation is 1. The molecule has 0 saturated heterocycles. The molecule has 1 nitrogen and oxygen atoms in total. The minimum Gasteiger partial charge on any atom is -0.381 e. The van der Waals surface area contributed by atoms with Gasteiger partial charge in [-0.05, 0) is 64.3 Å². The van der Waals surface area contributed by atoms with Crippen molar-refractivity contribution in [1.82, 2.24) is 0 Å². The monoisotopic (exact) mass is 371 g/mol. The lowest BCUT2D eigenvalue weighted by atomic mass is 10.2. The number of halogens is 3. The van der Waals surface area contributed by atoms with Crippen molar-refractivity contribution in [2.45, 2.75) is 13.5 Å². The molecule has 4 heteroatoms. The highest BCUT2D eigenvalue weighted by Gasteiger charge is 2.02. The van der Waals surface area contributed by atoms with Gasteiger partial charge in [0.05, 0.1) is 4.47 Å². The van der Waals surface area contributed by atoms with Crippen molar-refractivity contribution in [1.29, 1.82) is 0 Å². The highest BCUT2D eigenvalue weighted by molar-refractivity contribution is 9.10. The Morgan fingerprint density at radius 3 is 2.56 bits per heavy atom. The van der Waals surface area contributed by atoms with E-state index in [2.05, 4.69) is 43.2 Å². The SMILES string of the molecule is Cc1cc(Br)ccc1NCc1ccc(F)c(Br)c1. The van der Waals surface area contributed by atoms with Crippen LogP contribution in [0.15, 0.2) is 45.3 Å². The Kier molecular flexibility index (Phi) is 4.40. The average molecular weight is 373 g/mol. The molecule has 0 spiro atoms. The molecule has 0 aliphatic rings. The van der Waals surface area contributed by atoms with E-state index in [0.29, 0.717) is 11.0 Å². The van der Waals surface area contributed by atoms with Crippen LogP contribution in [0.2, 0.25) is 0 Å². The van der Waals surface area contributed by atoms with Crippen molar-refractivity contribution in [3.8, 4) is 0 Å². The highest BCUT2D eigenvalue weighted by Crippen LogP contribution is 2.22. The van der Waals surface area contributed by atoms with Crippen molar-refractivity contribution in [2.24, 2.45) is 0 Å². The van der Waals surface area contributed by atoms with Crippen LogP contribution < -0.4 is 5.32 Å². The van der Waals surface area contributed by atoms with Gasteiger partial charge in [0, 0.05) is 16.7 Å². The summed E-state index contributed by atoms with van der Waals surface area (Å²) in [5.74, 6) is -0.237. The Hall–Kier alpha value is -0.870. The van der Waals surface area contributed by atoms with E-state index in [1.165, 1.54) is 11.6 Å². The van der Waals surface area contributed by atoms with E-state index in [9.17, 15) is 4.39 Å². The molecule has 1 N–H and O–H groups in total. The molecule has 0 fully saturated rings. The molecule has 0 radical (unpaired) electrons. The molecule has 0 aliphatic carbocycles. The van der Waals surface area contributed by atoms with E-state index >= 15 is 0 Å². The molecule has 94 valence electrons. The number of hydrogen-bond acceptors (Lipinski definition) is 1. The topological polar surface area (TPSA) is 12.0 Å². The quantitative estimate of drug-likeness (QED) is 0.773. The third-order valence-electron chi connectivity index (χ3n) is 2.66. The van der Waals surface area contributed by atoms with Crippen LogP contribution in [0.25, 0.3) is 0 Å². The van der Waals surface area contributed by atoms with E-state index in [4.69, 9.17) is 0 Å². The first-order valence-electron chi connectivity index (χ1n) is 5.50. The zero-order valence-corrected chi connectivity index (χ0v) is 13.0. The van der Waals surface area contributed by atoms with Crippen LogP contribution in [-0.2, 0) is 6.54 Å².